The number of rotatable bonds is 3. The zero-order valence-electron chi connectivity index (χ0n) is 11.1. The number of benzene rings is 1. The van der Waals surface area contributed by atoms with Gasteiger partial charge in [-0.25, -0.2) is 0 Å². The normalized spacial score (nSPS) is 23.4. The van der Waals surface area contributed by atoms with Gasteiger partial charge in [-0.15, -0.1) is 0 Å². The van der Waals surface area contributed by atoms with Crippen LogP contribution in [0.1, 0.15) is 38.3 Å². The second-order valence-electron chi connectivity index (χ2n) is 5.43. The summed E-state index contributed by atoms with van der Waals surface area (Å²) < 4.78 is 11.4. The lowest BCUT2D eigenvalue weighted by Crippen LogP contribution is -2.36. The van der Waals surface area contributed by atoms with Crippen LogP contribution >= 0.6 is 11.6 Å². The molecule has 0 radical (unpaired) electrons. The lowest BCUT2D eigenvalue weighted by molar-refractivity contribution is -0.0194. The standard InChI is InChI=1S/C14H20ClNO2/c1-14(2,17-3)8-10-7-12(16)11-6-9(15)4-5-13(11)18-10/h4-6,10,12H,7-8,16H2,1-3H3/t10?,12-/m1/s1. The maximum Gasteiger partial charge on any atom is 0.124 e. The molecule has 1 aliphatic rings. The van der Waals surface area contributed by atoms with Gasteiger partial charge < -0.3 is 15.2 Å². The maximum atomic E-state index is 6.19. The van der Waals surface area contributed by atoms with Gasteiger partial charge in [-0.1, -0.05) is 11.6 Å². The summed E-state index contributed by atoms with van der Waals surface area (Å²) in [5, 5.41) is 0.698. The van der Waals surface area contributed by atoms with Crippen molar-refractivity contribution >= 4 is 11.6 Å². The summed E-state index contributed by atoms with van der Waals surface area (Å²) in [6.45, 7) is 4.11. The maximum absolute atomic E-state index is 6.19. The van der Waals surface area contributed by atoms with Gasteiger partial charge in [-0.2, -0.15) is 0 Å². The van der Waals surface area contributed by atoms with E-state index in [0.29, 0.717) is 5.02 Å². The summed E-state index contributed by atoms with van der Waals surface area (Å²) in [7, 11) is 1.72. The van der Waals surface area contributed by atoms with Crippen LogP contribution in [0.2, 0.25) is 5.02 Å². The van der Waals surface area contributed by atoms with E-state index in [1.165, 1.54) is 0 Å². The Bertz CT molecular complexity index is 434. The zero-order valence-corrected chi connectivity index (χ0v) is 11.8. The fourth-order valence-electron chi connectivity index (χ4n) is 2.31. The Labute approximate surface area is 113 Å². The molecule has 1 heterocycles. The number of nitrogens with two attached hydrogens (primary N) is 1. The molecule has 1 aromatic carbocycles. The van der Waals surface area contributed by atoms with Crippen LogP contribution in [0.15, 0.2) is 18.2 Å². The third-order valence-corrected chi connectivity index (χ3v) is 3.69. The number of methoxy groups -OCH3 is 1. The van der Waals surface area contributed by atoms with E-state index in [9.17, 15) is 0 Å². The molecule has 0 saturated carbocycles. The van der Waals surface area contributed by atoms with Gasteiger partial charge >= 0.3 is 0 Å². The molecule has 0 spiro atoms. The Morgan fingerprint density at radius 3 is 2.89 bits per heavy atom. The molecule has 0 aliphatic carbocycles. The van der Waals surface area contributed by atoms with Crippen LogP contribution in [0.4, 0.5) is 0 Å². The predicted octanol–water partition coefficient (Wildman–Crippen LogP) is 3.31. The Morgan fingerprint density at radius 2 is 2.22 bits per heavy atom. The average molecular weight is 270 g/mol. The minimum absolute atomic E-state index is 0.0230. The van der Waals surface area contributed by atoms with Crippen molar-refractivity contribution < 1.29 is 9.47 Å². The summed E-state index contributed by atoms with van der Waals surface area (Å²) in [5.74, 6) is 0.843. The molecule has 18 heavy (non-hydrogen) atoms. The minimum atomic E-state index is -0.200. The molecule has 0 aromatic heterocycles. The molecule has 0 bridgehead atoms. The van der Waals surface area contributed by atoms with E-state index in [0.717, 1.165) is 24.2 Å². The monoisotopic (exact) mass is 269 g/mol. The first-order valence-electron chi connectivity index (χ1n) is 6.18. The van der Waals surface area contributed by atoms with E-state index < -0.39 is 0 Å². The zero-order chi connectivity index (χ0) is 13.3. The smallest absolute Gasteiger partial charge is 0.124 e. The summed E-state index contributed by atoms with van der Waals surface area (Å²) in [5.41, 5.74) is 6.98. The molecule has 1 unspecified atom stereocenters. The van der Waals surface area contributed by atoms with Gasteiger partial charge in [0.15, 0.2) is 0 Å². The highest BCUT2D eigenvalue weighted by molar-refractivity contribution is 6.30. The molecular formula is C14H20ClNO2. The Hall–Kier alpha value is -0.770. The van der Waals surface area contributed by atoms with Crippen molar-refractivity contribution in [2.45, 2.75) is 44.4 Å². The van der Waals surface area contributed by atoms with Crippen molar-refractivity contribution in [2.75, 3.05) is 7.11 Å². The third kappa shape index (κ3) is 2.97. The van der Waals surface area contributed by atoms with E-state index in [4.69, 9.17) is 26.8 Å². The van der Waals surface area contributed by atoms with Crippen molar-refractivity contribution in [3.8, 4) is 5.75 Å². The number of halogens is 1. The van der Waals surface area contributed by atoms with Gasteiger partial charge in [-0.3, -0.25) is 0 Å². The lowest BCUT2D eigenvalue weighted by atomic mass is 9.91. The number of fused-ring (bicyclic) bond motifs is 1. The Morgan fingerprint density at radius 1 is 1.50 bits per heavy atom. The Balaban J connectivity index is 2.16. The summed E-state index contributed by atoms with van der Waals surface area (Å²) >= 11 is 5.98. The molecule has 2 rings (SSSR count). The van der Waals surface area contributed by atoms with Crippen molar-refractivity contribution in [1.29, 1.82) is 0 Å². The van der Waals surface area contributed by atoms with Crippen LogP contribution in [-0.2, 0) is 4.74 Å². The van der Waals surface area contributed by atoms with E-state index in [1.54, 1.807) is 7.11 Å². The molecule has 0 amide bonds. The van der Waals surface area contributed by atoms with E-state index in [-0.39, 0.29) is 17.7 Å². The van der Waals surface area contributed by atoms with Gasteiger partial charge in [0.2, 0.25) is 0 Å². The highest BCUT2D eigenvalue weighted by Gasteiger charge is 2.31. The molecule has 0 fully saturated rings. The number of ether oxygens (including phenoxy) is 2. The fourth-order valence-corrected chi connectivity index (χ4v) is 2.49. The highest BCUT2D eigenvalue weighted by Crippen LogP contribution is 2.37. The van der Waals surface area contributed by atoms with Gasteiger partial charge in [0.25, 0.3) is 0 Å². The minimum Gasteiger partial charge on any atom is -0.490 e. The molecule has 0 saturated heterocycles. The van der Waals surface area contributed by atoms with Gasteiger partial charge in [0.1, 0.15) is 11.9 Å². The average Bonchev–Trinajstić information content (AvgIpc) is 2.30. The molecule has 100 valence electrons. The van der Waals surface area contributed by atoms with Crippen LogP contribution < -0.4 is 10.5 Å². The molecule has 2 atom stereocenters. The molecule has 1 aromatic rings. The van der Waals surface area contributed by atoms with Crippen LogP contribution in [0.3, 0.4) is 0 Å². The van der Waals surface area contributed by atoms with Gasteiger partial charge in [-0.05, 0) is 32.0 Å². The summed E-state index contributed by atoms with van der Waals surface area (Å²) in [4.78, 5) is 0. The van der Waals surface area contributed by atoms with Crippen molar-refractivity contribution in [3.05, 3.63) is 28.8 Å². The second kappa shape index (κ2) is 5.08. The highest BCUT2D eigenvalue weighted by atomic mass is 35.5. The quantitative estimate of drug-likeness (QED) is 0.916. The first-order valence-corrected chi connectivity index (χ1v) is 6.56. The van der Waals surface area contributed by atoms with E-state index >= 15 is 0 Å². The number of hydrogen-bond acceptors (Lipinski definition) is 3. The second-order valence-corrected chi connectivity index (χ2v) is 5.87. The van der Waals surface area contributed by atoms with Crippen LogP contribution in [0.25, 0.3) is 0 Å². The lowest BCUT2D eigenvalue weighted by Gasteiger charge is -2.34. The molecule has 3 nitrogen and oxygen atoms in total. The summed E-state index contributed by atoms with van der Waals surface area (Å²) in [6.07, 6.45) is 1.70. The largest absolute Gasteiger partial charge is 0.490 e. The Kier molecular flexibility index (Phi) is 3.85. The van der Waals surface area contributed by atoms with Crippen LogP contribution in [-0.4, -0.2) is 18.8 Å². The topological polar surface area (TPSA) is 44.5 Å². The molecule has 2 N–H and O–H groups in total. The third-order valence-electron chi connectivity index (χ3n) is 3.45. The SMILES string of the molecule is COC(C)(C)CC1C[C@@H](N)c2cc(Cl)ccc2O1. The van der Waals surface area contributed by atoms with E-state index in [1.807, 2.05) is 18.2 Å². The predicted molar refractivity (Wildman–Crippen MR) is 73.1 cm³/mol. The van der Waals surface area contributed by atoms with Gasteiger partial charge in [0, 0.05) is 36.6 Å². The summed E-state index contributed by atoms with van der Waals surface area (Å²) in [6, 6.07) is 5.59. The number of hydrogen-bond donors (Lipinski definition) is 1. The molecular weight excluding hydrogens is 250 g/mol. The van der Waals surface area contributed by atoms with Crippen molar-refractivity contribution in [1.82, 2.24) is 0 Å². The molecule has 4 heteroatoms. The molecule has 1 aliphatic heterocycles. The van der Waals surface area contributed by atoms with Gasteiger partial charge in [0.05, 0.1) is 5.60 Å². The first-order chi connectivity index (χ1) is 8.41. The fraction of sp³-hybridized carbons (Fsp3) is 0.571. The van der Waals surface area contributed by atoms with Crippen LogP contribution in [0, 0.1) is 0 Å². The van der Waals surface area contributed by atoms with E-state index in [2.05, 4.69) is 13.8 Å². The van der Waals surface area contributed by atoms with Crippen molar-refractivity contribution in [3.63, 3.8) is 0 Å². The van der Waals surface area contributed by atoms with Crippen LogP contribution in [0.5, 0.6) is 5.75 Å². The van der Waals surface area contributed by atoms with Crippen molar-refractivity contribution in [2.24, 2.45) is 5.73 Å². The first kappa shape index (κ1) is 13.7.